The van der Waals surface area contributed by atoms with Gasteiger partial charge in [-0.15, -0.1) is 0 Å². The first-order valence-electron chi connectivity index (χ1n) is 8.65. The van der Waals surface area contributed by atoms with Gasteiger partial charge in [0.05, 0.1) is 0 Å². The van der Waals surface area contributed by atoms with Crippen molar-refractivity contribution in [1.82, 2.24) is 0 Å². The monoisotopic (exact) mass is 335 g/mol. The van der Waals surface area contributed by atoms with Gasteiger partial charge in [-0.1, -0.05) is 42.5 Å². The van der Waals surface area contributed by atoms with E-state index in [0.717, 1.165) is 28.0 Å². The summed E-state index contributed by atoms with van der Waals surface area (Å²) < 4.78 is 11.9. The molecular formula is C22H25NO2. The summed E-state index contributed by atoms with van der Waals surface area (Å²) in [5.74, 6) is 1.80. The summed E-state index contributed by atoms with van der Waals surface area (Å²) >= 11 is 0. The van der Waals surface area contributed by atoms with Crippen LogP contribution in [0.25, 0.3) is 10.8 Å². The molecule has 3 rings (SSSR count). The normalized spacial score (nSPS) is 10.9. The Hall–Kier alpha value is -2.52. The Morgan fingerprint density at radius 1 is 0.800 bits per heavy atom. The molecule has 0 saturated carbocycles. The standard InChI is InChI=1S/C22H25NO2/c1-15-8-9-16(2)22(17(15)3)25-13-12-24-21-11-10-18-6-4-5-7-19(18)20(21)14-23/h4-11H,12-14,23H2,1-3H3. The maximum absolute atomic E-state index is 5.97. The fraction of sp³-hybridized carbons (Fsp3) is 0.273. The fourth-order valence-corrected chi connectivity index (χ4v) is 3.10. The highest BCUT2D eigenvalue weighted by atomic mass is 16.5. The van der Waals surface area contributed by atoms with Gasteiger partial charge in [-0.3, -0.25) is 0 Å². The molecule has 0 aliphatic heterocycles. The minimum absolute atomic E-state index is 0.452. The summed E-state index contributed by atoms with van der Waals surface area (Å²) in [4.78, 5) is 0. The van der Waals surface area contributed by atoms with Crippen molar-refractivity contribution in [2.75, 3.05) is 13.2 Å². The molecule has 0 radical (unpaired) electrons. The average Bonchev–Trinajstić information content (AvgIpc) is 2.63. The van der Waals surface area contributed by atoms with Crippen LogP contribution in [0.2, 0.25) is 0 Å². The van der Waals surface area contributed by atoms with Crippen LogP contribution in [-0.4, -0.2) is 13.2 Å². The molecule has 3 nitrogen and oxygen atoms in total. The molecule has 0 amide bonds. The number of aryl methyl sites for hydroxylation is 2. The maximum Gasteiger partial charge on any atom is 0.125 e. The highest BCUT2D eigenvalue weighted by Crippen LogP contribution is 2.28. The predicted octanol–water partition coefficient (Wildman–Crippen LogP) is 4.68. The summed E-state index contributed by atoms with van der Waals surface area (Å²) in [7, 11) is 0. The van der Waals surface area contributed by atoms with Gasteiger partial charge in [-0.05, 0) is 54.3 Å². The molecule has 0 aliphatic rings. The summed E-state index contributed by atoms with van der Waals surface area (Å²) in [5, 5.41) is 2.33. The van der Waals surface area contributed by atoms with E-state index in [0.29, 0.717) is 19.8 Å². The topological polar surface area (TPSA) is 44.5 Å². The van der Waals surface area contributed by atoms with Crippen LogP contribution in [0, 0.1) is 20.8 Å². The molecule has 25 heavy (non-hydrogen) atoms. The third kappa shape index (κ3) is 3.62. The fourth-order valence-electron chi connectivity index (χ4n) is 3.10. The Kier molecular flexibility index (Phi) is 5.25. The van der Waals surface area contributed by atoms with E-state index >= 15 is 0 Å². The molecule has 0 saturated heterocycles. The lowest BCUT2D eigenvalue weighted by Gasteiger charge is -2.16. The molecule has 0 spiro atoms. The summed E-state index contributed by atoms with van der Waals surface area (Å²) in [6, 6.07) is 16.5. The van der Waals surface area contributed by atoms with Crippen molar-refractivity contribution in [3.8, 4) is 11.5 Å². The second kappa shape index (κ2) is 7.58. The van der Waals surface area contributed by atoms with Crippen molar-refractivity contribution >= 4 is 10.8 Å². The van der Waals surface area contributed by atoms with Crippen molar-refractivity contribution in [3.63, 3.8) is 0 Å². The quantitative estimate of drug-likeness (QED) is 0.665. The van der Waals surface area contributed by atoms with Gasteiger partial charge in [0.2, 0.25) is 0 Å². The summed E-state index contributed by atoms with van der Waals surface area (Å²) in [6.07, 6.45) is 0. The minimum atomic E-state index is 0.452. The molecule has 3 aromatic rings. The summed E-state index contributed by atoms with van der Waals surface area (Å²) in [5.41, 5.74) is 10.6. The first kappa shape index (κ1) is 17.3. The van der Waals surface area contributed by atoms with Crippen molar-refractivity contribution in [3.05, 3.63) is 70.8 Å². The lowest BCUT2D eigenvalue weighted by Crippen LogP contribution is -2.12. The van der Waals surface area contributed by atoms with Gasteiger partial charge in [0.25, 0.3) is 0 Å². The van der Waals surface area contributed by atoms with Crippen LogP contribution < -0.4 is 15.2 Å². The van der Waals surface area contributed by atoms with E-state index in [1.54, 1.807) is 0 Å². The molecule has 3 aromatic carbocycles. The van der Waals surface area contributed by atoms with Gasteiger partial charge in [0.1, 0.15) is 24.7 Å². The molecule has 0 heterocycles. The van der Waals surface area contributed by atoms with Gasteiger partial charge in [0.15, 0.2) is 0 Å². The van der Waals surface area contributed by atoms with E-state index in [-0.39, 0.29) is 0 Å². The highest BCUT2D eigenvalue weighted by molar-refractivity contribution is 5.87. The van der Waals surface area contributed by atoms with Crippen LogP contribution in [0.4, 0.5) is 0 Å². The second-order valence-corrected chi connectivity index (χ2v) is 6.32. The number of hydrogen-bond acceptors (Lipinski definition) is 3. The van der Waals surface area contributed by atoms with Gasteiger partial charge >= 0.3 is 0 Å². The van der Waals surface area contributed by atoms with E-state index in [2.05, 4.69) is 51.1 Å². The van der Waals surface area contributed by atoms with Crippen LogP contribution in [0.3, 0.4) is 0 Å². The largest absolute Gasteiger partial charge is 0.490 e. The molecule has 0 unspecified atom stereocenters. The van der Waals surface area contributed by atoms with Crippen LogP contribution >= 0.6 is 0 Å². The van der Waals surface area contributed by atoms with Crippen LogP contribution in [-0.2, 0) is 6.54 Å². The van der Waals surface area contributed by atoms with Gasteiger partial charge in [0, 0.05) is 12.1 Å². The van der Waals surface area contributed by atoms with Crippen LogP contribution in [0.5, 0.6) is 11.5 Å². The predicted molar refractivity (Wildman–Crippen MR) is 103 cm³/mol. The van der Waals surface area contributed by atoms with Crippen LogP contribution in [0.1, 0.15) is 22.3 Å². The minimum Gasteiger partial charge on any atom is -0.490 e. The molecule has 0 fully saturated rings. The molecule has 0 aromatic heterocycles. The van der Waals surface area contributed by atoms with E-state index in [9.17, 15) is 0 Å². The van der Waals surface area contributed by atoms with Crippen molar-refractivity contribution in [2.45, 2.75) is 27.3 Å². The number of rotatable bonds is 6. The molecule has 0 aliphatic carbocycles. The zero-order valence-corrected chi connectivity index (χ0v) is 15.1. The summed E-state index contributed by atoms with van der Waals surface area (Å²) in [6.45, 7) is 7.70. The lowest BCUT2D eigenvalue weighted by atomic mass is 10.0. The molecule has 0 bridgehead atoms. The maximum atomic E-state index is 5.97. The molecule has 3 heteroatoms. The van der Waals surface area contributed by atoms with E-state index < -0.39 is 0 Å². The van der Waals surface area contributed by atoms with Crippen molar-refractivity contribution in [1.29, 1.82) is 0 Å². The first-order chi connectivity index (χ1) is 12.1. The second-order valence-electron chi connectivity index (χ2n) is 6.32. The number of ether oxygens (including phenoxy) is 2. The third-order valence-electron chi connectivity index (χ3n) is 4.66. The highest BCUT2D eigenvalue weighted by Gasteiger charge is 2.09. The zero-order chi connectivity index (χ0) is 17.8. The Morgan fingerprint density at radius 2 is 1.52 bits per heavy atom. The number of nitrogens with two attached hydrogens (primary N) is 1. The Balaban J connectivity index is 1.69. The Bertz CT molecular complexity index is 887. The third-order valence-corrected chi connectivity index (χ3v) is 4.66. The number of hydrogen-bond donors (Lipinski definition) is 1. The van der Waals surface area contributed by atoms with E-state index in [1.807, 2.05) is 18.2 Å². The Morgan fingerprint density at radius 3 is 2.32 bits per heavy atom. The van der Waals surface area contributed by atoms with Gasteiger partial charge in [-0.2, -0.15) is 0 Å². The van der Waals surface area contributed by atoms with Crippen molar-refractivity contribution in [2.24, 2.45) is 5.73 Å². The Labute approximate surface area is 149 Å². The number of benzene rings is 3. The van der Waals surface area contributed by atoms with Crippen molar-refractivity contribution < 1.29 is 9.47 Å². The molecule has 2 N–H and O–H groups in total. The van der Waals surface area contributed by atoms with E-state index in [4.69, 9.17) is 15.2 Å². The number of fused-ring (bicyclic) bond motifs is 1. The van der Waals surface area contributed by atoms with Gasteiger partial charge < -0.3 is 15.2 Å². The zero-order valence-electron chi connectivity index (χ0n) is 15.1. The molecular weight excluding hydrogens is 310 g/mol. The van der Waals surface area contributed by atoms with Gasteiger partial charge in [-0.25, -0.2) is 0 Å². The van der Waals surface area contributed by atoms with Crippen LogP contribution in [0.15, 0.2) is 48.5 Å². The average molecular weight is 335 g/mol. The smallest absolute Gasteiger partial charge is 0.125 e. The lowest BCUT2D eigenvalue weighted by molar-refractivity contribution is 0.214. The molecule has 0 atom stereocenters. The van der Waals surface area contributed by atoms with E-state index in [1.165, 1.54) is 16.5 Å². The SMILES string of the molecule is Cc1ccc(C)c(OCCOc2ccc3ccccc3c2CN)c1C. The first-order valence-corrected chi connectivity index (χ1v) is 8.65. The molecule has 130 valence electrons.